The van der Waals surface area contributed by atoms with Crippen molar-refractivity contribution in [3.05, 3.63) is 35.9 Å². The van der Waals surface area contributed by atoms with E-state index in [9.17, 15) is 9.59 Å². The van der Waals surface area contributed by atoms with Crippen molar-refractivity contribution >= 4 is 11.8 Å². The second-order valence-corrected chi connectivity index (χ2v) is 5.48. The van der Waals surface area contributed by atoms with E-state index >= 15 is 0 Å². The lowest BCUT2D eigenvalue weighted by atomic mass is 10.1. The third kappa shape index (κ3) is 4.56. The molecule has 2 rings (SSSR count). The summed E-state index contributed by atoms with van der Waals surface area (Å²) in [5.74, 6) is -0.192. The van der Waals surface area contributed by atoms with Gasteiger partial charge in [0.2, 0.25) is 11.8 Å². The number of hydrogen-bond donors (Lipinski definition) is 1. The zero-order valence-electron chi connectivity index (χ0n) is 12.5. The molecule has 5 nitrogen and oxygen atoms in total. The zero-order valence-corrected chi connectivity index (χ0v) is 12.5. The van der Waals surface area contributed by atoms with Crippen LogP contribution in [0.15, 0.2) is 30.3 Å². The maximum Gasteiger partial charge on any atom is 0.242 e. The van der Waals surface area contributed by atoms with Crippen LogP contribution < -0.4 is 5.32 Å². The topological polar surface area (TPSA) is 58.6 Å². The van der Waals surface area contributed by atoms with Crippen LogP contribution in [0.1, 0.15) is 19.4 Å². The van der Waals surface area contributed by atoms with Crippen LogP contribution in [0, 0.1) is 0 Å². The molecule has 114 valence electrons. The first kappa shape index (κ1) is 15.5. The van der Waals surface area contributed by atoms with E-state index < -0.39 is 0 Å². The molecule has 1 aliphatic rings. The number of nitrogens with one attached hydrogen (secondary N) is 1. The van der Waals surface area contributed by atoms with Crippen molar-refractivity contribution in [3.8, 4) is 0 Å². The number of ether oxygens (including phenoxy) is 1. The van der Waals surface area contributed by atoms with Crippen molar-refractivity contribution in [1.82, 2.24) is 10.2 Å². The summed E-state index contributed by atoms with van der Waals surface area (Å²) < 4.78 is 5.49. The second-order valence-electron chi connectivity index (χ2n) is 5.48. The first-order valence-electron chi connectivity index (χ1n) is 7.28. The number of hydrogen-bond acceptors (Lipinski definition) is 3. The molecule has 1 heterocycles. The highest BCUT2D eigenvalue weighted by Crippen LogP contribution is 2.11. The van der Waals surface area contributed by atoms with Gasteiger partial charge in [-0.25, -0.2) is 0 Å². The van der Waals surface area contributed by atoms with E-state index in [2.05, 4.69) is 5.32 Å². The van der Waals surface area contributed by atoms with E-state index in [1.54, 1.807) is 4.90 Å². The molecule has 0 bridgehead atoms. The number of amides is 2. The van der Waals surface area contributed by atoms with Crippen LogP contribution in [0.2, 0.25) is 0 Å². The van der Waals surface area contributed by atoms with Crippen molar-refractivity contribution in [2.24, 2.45) is 0 Å². The largest absolute Gasteiger partial charge is 0.375 e. The maximum atomic E-state index is 12.2. The Hall–Kier alpha value is -1.88. The minimum atomic E-state index is -0.136. The normalized spacial score (nSPS) is 21.9. The fourth-order valence-electron chi connectivity index (χ4n) is 2.37. The van der Waals surface area contributed by atoms with Crippen molar-refractivity contribution in [2.75, 3.05) is 19.7 Å². The quantitative estimate of drug-likeness (QED) is 0.899. The number of rotatable bonds is 4. The summed E-state index contributed by atoms with van der Waals surface area (Å²) in [5, 5.41) is 2.69. The van der Waals surface area contributed by atoms with Crippen molar-refractivity contribution in [2.45, 2.75) is 32.4 Å². The van der Waals surface area contributed by atoms with Gasteiger partial charge in [0.1, 0.15) is 0 Å². The lowest BCUT2D eigenvalue weighted by Gasteiger charge is -2.36. The van der Waals surface area contributed by atoms with Crippen LogP contribution in [-0.2, 0) is 20.7 Å². The fraction of sp³-hybridized carbons (Fsp3) is 0.500. The summed E-state index contributed by atoms with van der Waals surface area (Å²) in [7, 11) is 0. The molecule has 0 aliphatic carbocycles. The lowest BCUT2D eigenvalue weighted by molar-refractivity contribution is -0.143. The summed E-state index contributed by atoms with van der Waals surface area (Å²) >= 11 is 0. The summed E-state index contributed by atoms with van der Waals surface area (Å²) in [6.07, 6.45) is 0.341. The molecule has 1 aromatic rings. The first-order valence-corrected chi connectivity index (χ1v) is 7.28. The van der Waals surface area contributed by atoms with E-state index in [1.807, 2.05) is 44.2 Å². The Morgan fingerprint density at radius 1 is 1.29 bits per heavy atom. The number of carbonyl (C=O) groups excluding carboxylic acids is 2. The van der Waals surface area contributed by atoms with E-state index in [4.69, 9.17) is 4.74 Å². The number of carbonyl (C=O) groups is 2. The highest BCUT2D eigenvalue weighted by Gasteiger charge is 2.27. The van der Waals surface area contributed by atoms with Crippen molar-refractivity contribution < 1.29 is 14.3 Å². The van der Waals surface area contributed by atoms with Crippen LogP contribution in [0.3, 0.4) is 0 Å². The fourth-order valence-corrected chi connectivity index (χ4v) is 2.37. The van der Waals surface area contributed by atoms with Gasteiger partial charge in [-0.3, -0.25) is 9.59 Å². The molecule has 21 heavy (non-hydrogen) atoms. The molecule has 1 saturated heterocycles. The Kier molecular flexibility index (Phi) is 5.33. The minimum absolute atomic E-state index is 0.0444. The summed E-state index contributed by atoms with van der Waals surface area (Å²) in [6.45, 7) is 5.07. The predicted octanol–water partition coefficient (Wildman–Crippen LogP) is 0.981. The molecule has 0 spiro atoms. The van der Waals surface area contributed by atoms with Gasteiger partial charge < -0.3 is 15.0 Å². The molecule has 1 N–H and O–H groups in total. The van der Waals surface area contributed by atoms with E-state index in [-0.39, 0.29) is 30.5 Å². The van der Waals surface area contributed by atoms with Gasteiger partial charge >= 0.3 is 0 Å². The smallest absolute Gasteiger partial charge is 0.242 e. The highest BCUT2D eigenvalue weighted by atomic mass is 16.5. The first-order chi connectivity index (χ1) is 10.1. The van der Waals surface area contributed by atoms with Gasteiger partial charge in [0, 0.05) is 6.54 Å². The van der Waals surface area contributed by atoms with Gasteiger partial charge in [-0.15, -0.1) is 0 Å². The Morgan fingerprint density at radius 3 is 2.71 bits per heavy atom. The maximum absolute atomic E-state index is 12.2. The van der Waals surface area contributed by atoms with Crippen molar-refractivity contribution in [1.29, 1.82) is 0 Å². The molecule has 2 amide bonds. The molecule has 2 unspecified atom stereocenters. The summed E-state index contributed by atoms with van der Waals surface area (Å²) in [4.78, 5) is 25.8. The van der Waals surface area contributed by atoms with E-state index in [0.29, 0.717) is 19.6 Å². The Labute approximate surface area is 125 Å². The molecule has 1 aliphatic heterocycles. The predicted molar refractivity (Wildman–Crippen MR) is 79.7 cm³/mol. The second kappa shape index (κ2) is 7.22. The number of nitrogens with zero attached hydrogens (tertiary/aromatic N) is 1. The highest BCUT2D eigenvalue weighted by molar-refractivity contribution is 5.85. The molecule has 0 radical (unpaired) electrons. The van der Waals surface area contributed by atoms with Gasteiger partial charge in [-0.2, -0.15) is 0 Å². The standard InChI is InChI=1S/C16H22N2O3/c1-12-11-21-13(2)10-18(12)16(20)9-17-15(19)8-14-6-4-3-5-7-14/h3-7,12-13H,8-11H2,1-2H3,(H,17,19). The van der Waals surface area contributed by atoms with Crippen LogP contribution in [0.5, 0.6) is 0 Å². The Bertz CT molecular complexity index is 490. The molecular weight excluding hydrogens is 268 g/mol. The van der Waals surface area contributed by atoms with Crippen LogP contribution >= 0.6 is 0 Å². The monoisotopic (exact) mass is 290 g/mol. The molecule has 1 fully saturated rings. The molecule has 2 atom stereocenters. The Morgan fingerprint density at radius 2 is 2.00 bits per heavy atom. The van der Waals surface area contributed by atoms with Gasteiger partial charge in [-0.05, 0) is 19.4 Å². The average molecular weight is 290 g/mol. The van der Waals surface area contributed by atoms with Crippen molar-refractivity contribution in [3.63, 3.8) is 0 Å². The zero-order chi connectivity index (χ0) is 15.2. The summed E-state index contributed by atoms with van der Waals surface area (Å²) in [5.41, 5.74) is 0.941. The van der Waals surface area contributed by atoms with Gasteiger partial charge in [-0.1, -0.05) is 30.3 Å². The third-order valence-electron chi connectivity index (χ3n) is 3.57. The molecule has 0 aromatic heterocycles. The minimum Gasteiger partial charge on any atom is -0.375 e. The lowest BCUT2D eigenvalue weighted by Crippen LogP contribution is -2.53. The Balaban J connectivity index is 1.79. The van der Waals surface area contributed by atoms with E-state index in [1.165, 1.54) is 0 Å². The van der Waals surface area contributed by atoms with Gasteiger partial charge in [0.15, 0.2) is 0 Å². The number of morpholine rings is 1. The van der Waals surface area contributed by atoms with Gasteiger partial charge in [0.25, 0.3) is 0 Å². The SMILES string of the molecule is CC1CN(C(=O)CNC(=O)Cc2ccccc2)C(C)CO1. The van der Waals surface area contributed by atoms with Crippen LogP contribution in [0.25, 0.3) is 0 Å². The third-order valence-corrected chi connectivity index (χ3v) is 3.57. The van der Waals surface area contributed by atoms with E-state index in [0.717, 1.165) is 5.56 Å². The molecular formula is C16H22N2O3. The van der Waals surface area contributed by atoms with Crippen LogP contribution in [0.4, 0.5) is 0 Å². The molecule has 0 saturated carbocycles. The van der Waals surface area contributed by atoms with Crippen LogP contribution in [-0.4, -0.2) is 48.6 Å². The molecule has 5 heteroatoms. The number of benzene rings is 1. The molecule has 1 aromatic carbocycles. The summed E-state index contributed by atoms with van der Waals surface area (Å²) in [6, 6.07) is 9.54. The average Bonchev–Trinajstić information content (AvgIpc) is 2.48. The van der Waals surface area contributed by atoms with Gasteiger partial charge in [0.05, 0.1) is 31.7 Å².